The minimum absolute atomic E-state index is 0.258. The molecule has 0 aromatic carbocycles. The smallest absolute Gasteiger partial charge is 0.145 e. The molecule has 0 aliphatic carbocycles. The van der Waals surface area contributed by atoms with E-state index in [0.717, 1.165) is 6.42 Å². The molecule has 1 unspecified atom stereocenters. The lowest BCUT2D eigenvalue weighted by Crippen LogP contribution is -2.14. The van der Waals surface area contributed by atoms with Crippen LogP contribution in [0.5, 0.6) is 0 Å². The quantitative estimate of drug-likeness (QED) is 0.400. The van der Waals surface area contributed by atoms with E-state index >= 15 is 0 Å². The molecule has 1 heterocycles. The minimum Gasteiger partial charge on any atom is -0.393 e. The second-order valence-electron chi connectivity index (χ2n) is 3.21. The molecule has 1 rings (SSSR count). The lowest BCUT2D eigenvalue weighted by atomic mass is 10.2. The predicted octanol–water partition coefficient (Wildman–Crippen LogP) is 0.335. The van der Waals surface area contributed by atoms with Crippen LogP contribution in [0.15, 0.2) is 12.4 Å². The molecule has 0 spiro atoms. The van der Waals surface area contributed by atoms with Crippen LogP contribution < -0.4 is 16.6 Å². The Kier molecular flexibility index (Phi) is 4.79. The first-order chi connectivity index (χ1) is 7.26. The Labute approximate surface area is 88.9 Å². The van der Waals surface area contributed by atoms with Crippen molar-refractivity contribution in [1.82, 2.24) is 9.97 Å². The molecule has 0 radical (unpaired) electrons. The van der Waals surface area contributed by atoms with E-state index in [4.69, 9.17) is 5.84 Å². The standard InChI is InChI=1S/C9H17N5O/c1-2-7(15)3-4-11-8-5-9(14-10)13-6-12-8/h5-7,15H,2-4,10H2,1H3,(H2,11,12,13,14). The summed E-state index contributed by atoms with van der Waals surface area (Å²) in [5.41, 5.74) is 2.44. The molecule has 1 aromatic heterocycles. The van der Waals surface area contributed by atoms with Crippen LogP contribution in [-0.4, -0.2) is 27.7 Å². The summed E-state index contributed by atoms with van der Waals surface area (Å²) in [6.45, 7) is 2.63. The Morgan fingerprint density at radius 2 is 2.20 bits per heavy atom. The molecule has 0 bridgehead atoms. The van der Waals surface area contributed by atoms with Gasteiger partial charge < -0.3 is 15.8 Å². The molecule has 0 saturated carbocycles. The van der Waals surface area contributed by atoms with Crippen molar-refractivity contribution >= 4 is 11.6 Å². The van der Waals surface area contributed by atoms with Crippen molar-refractivity contribution in [3.63, 3.8) is 0 Å². The van der Waals surface area contributed by atoms with Gasteiger partial charge in [0, 0.05) is 12.6 Å². The van der Waals surface area contributed by atoms with Crippen molar-refractivity contribution in [2.75, 3.05) is 17.3 Å². The van der Waals surface area contributed by atoms with E-state index in [0.29, 0.717) is 24.6 Å². The Morgan fingerprint density at radius 1 is 1.47 bits per heavy atom. The fourth-order valence-electron chi connectivity index (χ4n) is 1.10. The van der Waals surface area contributed by atoms with Crippen LogP contribution in [-0.2, 0) is 0 Å². The van der Waals surface area contributed by atoms with Crippen molar-refractivity contribution in [3.05, 3.63) is 12.4 Å². The lowest BCUT2D eigenvalue weighted by molar-refractivity contribution is 0.164. The molecule has 0 fully saturated rings. The van der Waals surface area contributed by atoms with Gasteiger partial charge in [-0.15, -0.1) is 0 Å². The number of nitrogens with one attached hydrogen (secondary N) is 2. The van der Waals surface area contributed by atoms with Crippen molar-refractivity contribution in [1.29, 1.82) is 0 Å². The zero-order valence-electron chi connectivity index (χ0n) is 8.77. The van der Waals surface area contributed by atoms with Crippen LogP contribution in [0, 0.1) is 0 Å². The second-order valence-corrected chi connectivity index (χ2v) is 3.21. The van der Waals surface area contributed by atoms with E-state index in [-0.39, 0.29) is 6.10 Å². The van der Waals surface area contributed by atoms with Gasteiger partial charge in [-0.3, -0.25) is 0 Å². The highest BCUT2D eigenvalue weighted by atomic mass is 16.3. The first-order valence-electron chi connectivity index (χ1n) is 4.96. The van der Waals surface area contributed by atoms with Crippen LogP contribution >= 0.6 is 0 Å². The molecule has 0 aliphatic heterocycles. The van der Waals surface area contributed by atoms with Crippen LogP contribution in [0.25, 0.3) is 0 Å². The minimum atomic E-state index is -0.258. The first-order valence-corrected chi connectivity index (χ1v) is 4.96. The van der Waals surface area contributed by atoms with Gasteiger partial charge in [-0.25, -0.2) is 15.8 Å². The zero-order chi connectivity index (χ0) is 11.1. The van der Waals surface area contributed by atoms with Gasteiger partial charge in [0.15, 0.2) is 0 Å². The molecule has 15 heavy (non-hydrogen) atoms. The van der Waals surface area contributed by atoms with Crippen LogP contribution in [0.2, 0.25) is 0 Å². The number of hydrogen-bond acceptors (Lipinski definition) is 6. The molecular formula is C9H17N5O. The van der Waals surface area contributed by atoms with Crippen LogP contribution in [0.3, 0.4) is 0 Å². The third-order valence-electron chi connectivity index (χ3n) is 2.07. The molecule has 5 N–H and O–H groups in total. The monoisotopic (exact) mass is 211 g/mol. The maximum atomic E-state index is 9.33. The number of aromatic nitrogens is 2. The number of hydrazine groups is 1. The SMILES string of the molecule is CCC(O)CCNc1cc(NN)ncn1. The zero-order valence-corrected chi connectivity index (χ0v) is 8.77. The van der Waals surface area contributed by atoms with Crippen molar-refractivity contribution in [2.24, 2.45) is 5.84 Å². The molecule has 6 nitrogen and oxygen atoms in total. The van der Waals surface area contributed by atoms with E-state index < -0.39 is 0 Å². The van der Waals surface area contributed by atoms with Gasteiger partial charge in [0.05, 0.1) is 6.10 Å². The Bertz CT molecular complexity index is 294. The average Bonchev–Trinajstić information content (AvgIpc) is 2.29. The Hall–Kier alpha value is -1.40. The highest BCUT2D eigenvalue weighted by Crippen LogP contribution is 2.07. The molecule has 1 aromatic rings. The van der Waals surface area contributed by atoms with Crippen molar-refractivity contribution < 1.29 is 5.11 Å². The summed E-state index contributed by atoms with van der Waals surface area (Å²) in [7, 11) is 0. The molecule has 0 amide bonds. The fourth-order valence-corrected chi connectivity index (χ4v) is 1.10. The number of hydrogen-bond donors (Lipinski definition) is 4. The van der Waals surface area contributed by atoms with Gasteiger partial charge >= 0.3 is 0 Å². The number of aliphatic hydroxyl groups is 1. The number of nitrogens with zero attached hydrogens (tertiary/aromatic N) is 2. The highest BCUT2D eigenvalue weighted by molar-refractivity contribution is 5.45. The highest BCUT2D eigenvalue weighted by Gasteiger charge is 2.01. The van der Waals surface area contributed by atoms with Crippen molar-refractivity contribution in [3.8, 4) is 0 Å². The molecule has 0 aliphatic rings. The molecule has 84 valence electrons. The number of nitrogens with two attached hydrogens (primary N) is 1. The summed E-state index contributed by atoms with van der Waals surface area (Å²) in [5, 5.41) is 12.4. The third-order valence-corrected chi connectivity index (χ3v) is 2.07. The second kappa shape index (κ2) is 6.15. The summed E-state index contributed by atoms with van der Waals surface area (Å²) in [6, 6.07) is 1.71. The Balaban J connectivity index is 2.37. The predicted molar refractivity (Wildman–Crippen MR) is 59.2 cm³/mol. The normalized spacial score (nSPS) is 12.2. The van der Waals surface area contributed by atoms with Crippen LogP contribution in [0.1, 0.15) is 19.8 Å². The lowest BCUT2D eigenvalue weighted by Gasteiger charge is -2.09. The van der Waals surface area contributed by atoms with Gasteiger partial charge in [0.1, 0.15) is 18.0 Å². The van der Waals surface area contributed by atoms with E-state index in [9.17, 15) is 5.11 Å². The van der Waals surface area contributed by atoms with E-state index in [1.807, 2.05) is 6.92 Å². The third kappa shape index (κ3) is 4.09. The summed E-state index contributed by atoms with van der Waals surface area (Å²) < 4.78 is 0. The maximum Gasteiger partial charge on any atom is 0.145 e. The average molecular weight is 211 g/mol. The number of aliphatic hydroxyl groups excluding tert-OH is 1. The van der Waals surface area contributed by atoms with E-state index in [1.165, 1.54) is 6.33 Å². The molecule has 1 atom stereocenters. The summed E-state index contributed by atoms with van der Waals surface area (Å²) in [5.74, 6) is 6.46. The summed E-state index contributed by atoms with van der Waals surface area (Å²) >= 11 is 0. The molecular weight excluding hydrogens is 194 g/mol. The van der Waals surface area contributed by atoms with Gasteiger partial charge in [0.2, 0.25) is 0 Å². The summed E-state index contributed by atoms with van der Waals surface area (Å²) in [4.78, 5) is 7.89. The fraction of sp³-hybridized carbons (Fsp3) is 0.556. The van der Waals surface area contributed by atoms with Gasteiger partial charge in [-0.05, 0) is 12.8 Å². The number of anilines is 2. The van der Waals surface area contributed by atoms with Gasteiger partial charge in [-0.2, -0.15) is 0 Å². The van der Waals surface area contributed by atoms with E-state index in [2.05, 4.69) is 20.7 Å². The van der Waals surface area contributed by atoms with Crippen molar-refractivity contribution in [2.45, 2.75) is 25.9 Å². The number of rotatable bonds is 6. The summed E-state index contributed by atoms with van der Waals surface area (Å²) in [6.07, 6.45) is 2.63. The Morgan fingerprint density at radius 3 is 2.87 bits per heavy atom. The molecule has 6 heteroatoms. The number of nitrogen functional groups attached to an aromatic ring is 1. The largest absolute Gasteiger partial charge is 0.393 e. The molecule has 0 saturated heterocycles. The topological polar surface area (TPSA) is 96.1 Å². The maximum absolute atomic E-state index is 9.33. The van der Waals surface area contributed by atoms with Crippen LogP contribution in [0.4, 0.5) is 11.6 Å². The first kappa shape index (κ1) is 11.7. The van der Waals surface area contributed by atoms with Gasteiger partial charge in [0.25, 0.3) is 0 Å². The van der Waals surface area contributed by atoms with Gasteiger partial charge in [-0.1, -0.05) is 6.92 Å². The van der Waals surface area contributed by atoms with E-state index in [1.54, 1.807) is 6.07 Å².